The summed E-state index contributed by atoms with van der Waals surface area (Å²) in [4.78, 5) is 15.2. The van der Waals surface area contributed by atoms with Crippen molar-refractivity contribution >= 4 is 26.9 Å². The highest BCUT2D eigenvalue weighted by Crippen LogP contribution is 2.31. The van der Waals surface area contributed by atoms with Crippen molar-refractivity contribution < 1.29 is 17.9 Å². The summed E-state index contributed by atoms with van der Waals surface area (Å²) in [6.07, 6.45) is 2.49. The maximum Gasteiger partial charge on any atom is 0.213 e. The van der Waals surface area contributed by atoms with Gasteiger partial charge in [-0.25, -0.2) is 18.4 Å². The molecule has 0 spiro atoms. The van der Waals surface area contributed by atoms with Gasteiger partial charge in [-0.2, -0.15) is 4.31 Å². The fourth-order valence-corrected chi connectivity index (χ4v) is 7.02. The van der Waals surface area contributed by atoms with Gasteiger partial charge in [0, 0.05) is 67.6 Å². The molecule has 5 heterocycles. The summed E-state index contributed by atoms with van der Waals surface area (Å²) in [7, 11) is -3.19. The maximum absolute atomic E-state index is 12.3. The number of aryl methyl sites for hydroxylation is 1. The van der Waals surface area contributed by atoms with Crippen molar-refractivity contribution in [3.05, 3.63) is 54.0 Å². The third kappa shape index (κ3) is 5.89. The Hall–Kier alpha value is -3.45. The number of imidazole rings is 1. The predicted octanol–water partition coefficient (Wildman–Crippen LogP) is 3.58. The number of anilines is 1. The van der Waals surface area contributed by atoms with E-state index in [0.717, 1.165) is 84.7 Å². The van der Waals surface area contributed by atoms with Crippen LogP contribution >= 0.6 is 0 Å². The van der Waals surface area contributed by atoms with E-state index in [-0.39, 0.29) is 11.8 Å². The Kier molecular flexibility index (Phi) is 8.22. The largest absolute Gasteiger partial charge is 0.492 e. The van der Waals surface area contributed by atoms with Crippen molar-refractivity contribution in [1.82, 2.24) is 28.7 Å². The molecule has 1 unspecified atom stereocenters. The Morgan fingerprint density at radius 2 is 1.90 bits per heavy atom. The van der Waals surface area contributed by atoms with Crippen LogP contribution in [0.4, 0.5) is 5.69 Å². The molecule has 224 valence electrons. The lowest BCUT2D eigenvalue weighted by Crippen LogP contribution is -2.38. The molecular formula is C30H39N7O4S. The Morgan fingerprint density at radius 1 is 1.12 bits per heavy atom. The third-order valence-electron chi connectivity index (χ3n) is 8.22. The van der Waals surface area contributed by atoms with E-state index in [0.29, 0.717) is 25.3 Å². The Balaban J connectivity index is 1.17. The second-order valence-corrected chi connectivity index (χ2v) is 13.2. The number of fused-ring (bicyclic) bond motifs is 1. The zero-order valence-electron chi connectivity index (χ0n) is 24.5. The normalized spacial score (nSPS) is 18.6. The average Bonchev–Trinajstić information content (AvgIpc) is 3.72. The third-order valence-corrected chi connectivity index (χ3v) is 10.1. The van der Waals surface area contributed by atoms with Gasteiger partial charge in [0.1, 0.15) is 23.7 Å². The van der Waals surface area contributed by atoms with Crippen LogP contribution in [0.5, 0.6) is 5.75 Å². The number of morpholine rings is 1. The lowest BCUT2D eigenvalue weighted by Gasteiger charge is -2.26. The molecule has 2 fully saturated rings. The number of rotatable bonds is 10. The molecule has 1 atom stereocenters. The summed E-state index contributed by atoms with van der Waals surface area (Å²) in [5.74, 6) is 1.72. The average molecular weight is 594 g/mol. The fraction of sp³-hybridized carbons (Fsp3) is 0.467. The first kappa shape index (κ1) is 28.7. The summed E-state index contributed by atoms with van der Waals surface area (Å²) in [5.41, 5.74) is 6.53. The van der Waals surface area contributed by atoms with E-state index in [1.165, 1.54) is 0 Å². The van der Waals surface area contributed by atoms with E-state index in [4.69, 9.17) is 14.5 Å². The van der Waals surface area contributed by atoms with E-state index < -0.39 is 10.0 Å². The van der Waals surface area contributed by atoms with Gasteiger partial charge in [0.05, 0.1) is 24.7 Å². The van der Waals surface area contributed by atoms with Gasteiger partial charge in [0.15, 0.2) is 5.65 Å². The molecule has 2 saturated heterocycles. The number of sulfonamides is 1. The number of H-pyrrole nitrogens is 1. The number of hydrogen-bond acceptors (Lipinski definition) is 8. The van der Waals surface area contributed by atoms with Crippen LogP contribution in [-0.2, 0) is 14.8 Å². The first-order valence-corrected chi connectivity index (χ1v) is 16.2. The molecule has 0 aliphatic carbocycles. The van der Waals surface area contributed by atoms with Gasteiger partial charge >= 0.3 is 0 Å². The van der Waals surface area contributed by atoms with Crippen LogP contribution in [-0.4, -0.2) is 101 Å². The smallest absolute Gasteiger partial charge is 0.213 e. The Morgan fingerprint density at radius 3 is 2.67 bits per heavy atom. The first-order valence-electron chi connectivity index (χ1n) is 14.6. The number of pyridine rings is 1. The van der Waals surface area contributed by atoms with Gasteiger partial charge in [-0.3, -0.25) is 4.90 Å². The van der Waals surface area contributed by atoms with Crippen LogP contribution < -0.4 is 10.1 Å². The monoisotopic (exact) mass is 593 g/mol. The number of nitrogens with one attached hydrogen (secondary N) is 2. The number of aromatic nitrogens is 4. The molecule has 12 heteroatoms. The number of benzene rings is 1. The van der Waals surface area contributed by atoms with Crippen molar-refractivity contribution in [3.63, 3.8) is 0 Å². The lowest BCUT2D eigenvalue weighted by atomic mass is 10.2. The van der Waals surface area contributed by atoms with Crippen LogP contribution in [0, 0.1) is 13.8 Å². The summed E-state index contributed by atoms with van der Waals surface area (Å²) in [6.45, 7) is 11.9. The van der Waals surface area contributed by atoms with E-state index in [1.807, 2.05) is 18.2 Å². The molecular weight excluding hydrogens is 554 g/mol. The molecule has 42 heavy (non-hydrogen) atoms. The molecule has 1 aromatic carbocycles. The summed E-state index contributed by atoms with van der Waals surface area (Å²) >= 11 is 0. The zero-order chi connectivity index (χ0) is 29.3. The van der Waals surface area contributed by atoms with Gasteiger partial charge < -0.3 is 24.3 Å². The number of hydrogen-bond donors (Lipinski definition) is 2. The second kappa shape index (κ2) is 12.0. The highest BCUT2D eigenvalue weighted by atomic mass is 32.2. The minimum absolute atomic E-state index is 0.0278. The van der Waals surface area contributed by atoms with Crippen LogP contribution in [0.2, 0.25) is 0 Å². The number of ether oxygens (including phenoxy) is 2. The predicted molar refractivity (Wildman–Crippen MR) is 164 cm³/mol. The molecule has 3 aromatic heterocycles. The topological polar surface area (TPSA) is 118 Å². The Labute approximate surface area is 246 Å². The van der Waals surface area contributed by atoms with Crippen molar-refractivity contribution in [3.8, 4) is 22.8 Å². The molecule has 0 amide bonds. The van der Waals surface area contributed by atoms with Gasteiger partial charge in [-0.05, 0) is 63.6 Å². The molecule has 11 nitrogen and oxygen atoms in total. The number of aromatic amines is 1. The van der Waals surface area contributed by atoms with Gasteiger partial charge in [-0.1, -0.05) is 0 Å². The summed E-state index contributed by atoms with van der Waals surface area (Å²) < 4.78 is 39.8. The first-order chi connectivity index (χ1) is 20.3. The van der Waals surface area contributed by atoms with Crippen molar-refractivity contribution in [2.24, 2.45) is 0 Å². The molecule has 0 radical (unpaired) electrons. The standard InChI is InChI=1S/C30H39N7O4S/c1-4-42(38,39)36-12-10-23(20-36)32-27-9-11-31-30-28(27)33-29(34-30)26-19-21(2)37(22(26)3)24-5-7-25(8-6-24)41-18-15-35-13-16-40-17-14-35/h5-9,11,19,23H,4,10,12-18,20H2,1-3H3,(H2,31,32,33,34). The van der Waals surface area contributed by atoms with E-state index in [2.05, 4.69) is 56.8 Å². The fourth-order valence-electron chi connectivity index (χ4n) is 5.87. The quantitative estimate of drug-likeness (QED) is 0.287. The van der Waals surface area contributed by atoms with Crippen LogP contribution in [0.25, 0.3) is 28.2 Å². The van der Waals surface area contributed by atoms with Gasteiger partial charge in [0.2, 0.25) is 10.0 Å². The summed E-state index contributed by atoms with van der Waals surface area (Å²) in [6, 6.07) is 12.3. The summed E-state index contributed by atoms with van der Waals surface area (Å²) in [5, 5.41) is 3.53. The SMILES string of the molecule is CCS(=O)(=O)N1CCC(Nc2ccnc3nc(-c4cc(C)n(-c5ccc(OCCN6CCOCC6)cc5)c4C)[nH]c23)C1. The van der Waals surface area contributed by atoms with E-state index in [1.54, 1.807) is 17.4 Å². The second-order valence-electron chi connectivity index (χ2n) is 10.9. The lowest BCUT2D eigenvalue weighted by molar-refractivity contribution is 0.0322. The van der Waals surface area contributed by atoms with Crippen molar-refractivity contribution in [2.75, 3.05) is 63.6 Å². The molecule has 4 aromatic rings. The van der Waals surface area contributed by atoms with E-state index in [9.17, 15) is 8.42 Å². The minimum atomic E-state index is -3.19. The van der Waals surface area contributed by atoms with Gasteiger partial charge in [-0.15, -0.1) is 0 Å². The van der Waals surface area contributed by atoms with Crippen molar-refractivity contribution in [1.29, 1.82) is 0 Å². The van der Waals surface area contributed by atoms with Crippen LogP contribution in [0.15, 0.2) is 42.6 Å². The maximum atomic E-state index is 12.3. The number of nitrogens with zero attached hydrogens (tertiary/aromatic N) is 5. The highest BCUT2D eigenvalue weighted by Gasteiger charge is 2.30. The van der Waals surface area contributed by atoms with Crippen LogP contribution in [0.1, 0.15) is 24.7 Å². The minimum Gasteiger partial charge on any atom is -0.492 e. The zero-order valence-corrected chi connectivity index (χ0v) is 25.3. The molecule has 0 bridgehead atoms. The van der Waals surface area contributed by atoms with Gasteiger partial charge in [0.25, 0.3) is 0 Å². The molecule has 2 aliphatic heterocycles. The Bertz CT molecular complexity index is 1640. The van der Waals surface area contributed by atoms with E-state index >= 15 is 0 Å². The van der Waals surface area contributed by atoms with Crippen molar-refractivity contribution in [2.45, 2.75) is 33.2 Å². The molecule has 2 aliphatic rings. The van der Waals surface area contributed by atoms with Crippen LogP contribution in [0.3, 0.4) is 0 Å². The molecule has 0 saturated carbocycles. The molecule has 2 N–H and O–H groups in total. The molecule has 6 rings (SSSR count). The highest BCUT2D eigenvalue weighted by molar-refractivity contribution is 7.89.